The fourth-order valence-corrected chi connectivity index (χ4v) is 1.82. The quantitative estimate of drug-likeness (QED) is 0.536. The van der Waals surface area contributed by atoms with Crippen LogP contribution in [0.4, 0.5) is 0 Å². The van der Waals surface area contributed by atoms with Crippen LogP contribution in [0.5, 0.6) is 0 Å². The van der Waals surface area contributed by atoms with Crippen molar-refractivity contribution < 1.29 is 14.1 Å². The fourth-order valence-electron chi connectivity index (χ4n) is 0.786. The molecule has 1 N–H and O–H groups in total. The lowest BCUT2D eigenvalue weighted by molar-refractivity contribution is -0.144. The van der Waals surface area contributed by atoms with Crippen LogP contribution in [-0.2, 0) is 14.1 Å². The summed E-state index contributed by atoms with van der Waals surface area (Å²) in [6.07, 6.45) is 0. The minimum absolute atomic E-state index is 0.350. The Morgan fingerprint density at radius 1 is 1.58 bits per heavy atom. The van der Waals surface area contributed by atoms with Crippen molar-refractivity contribution in [1.82, 2.24) is 5.09 Å². The van der Waals surface area contributed by atoms with Gasteiger partial charge in [-0.15, -0.1) is 0 Å². The van der Waals surface area contributed by atoms with E-state index in [0.29, 0.717) is 6.61 Å². The molecule has 0 fully saturated rings. The first-order chi connectivity index (χ1) is 5.37. The first kappa shape index (κ1) is 11.7. The van der Waals surface area contributed by atoms with E-state index >= 15 is 0 Å². The van der Waals surface area contributed by atoms with Crippen molar-refractivity contribution in [3.8, 4) is 0 Å². The minimum Gasteiger partial charge on any atom is -0.465 e. The molecule has 1 atom stereocenters. The second-order valence-corrected chi connectivity index (χ2v) is 5.91. The standard InChI is InChI=1S/C7H16NO3P/c1-5-11-7(9)6(2)8-12(3,4)10/h6H,5H2,1-4H3,(H,8,10). The van der Waals surface area contributed by atoms with E-state index in [0.717, 1.165) is 0 Å². The zero-order valence-electron chi connectivity index (χ0n) is 7.96. The van der Waals surface area contributed by atoms with Crippen molar-refractivity contribution in [3.05, 3.63) is 0 Å². The third-order valence-electron chi connectivity index (χ3n) is 1.14. The summed E-state index contributed by atoms with van der Waals surface area (Å²) < 4.78 is 15.9. The maximum Gasteiger partial charge on any atom is 0.323 e. The zero-order valence-corrected chi connectivity index (χ0v) is 8.85. The van der Waals surface area contributed by atoms with Gasteiger partial charge in [0.05, 0.1) is 6.61 Å². The Bertz CT molecular complexity index is 199. The molecule has 0 saturated heterocycles. The summed E-state index contributed by atoms with van der Waals surface area (Å²) in [7, 11) is -2.35. The number of ether oxygens (including phenoxy) is 1. The van der Waals surface area contributed by atoms with Gasteiger partial charge in [0, 0.05) is 13.3 Å². The van der Waals surface area contributed by atoms with E-state index < -0.39 is 13.3 Å². The average Bonchev–Trinajstić information content (AvgIpc) is 1.84. The summed E-state index contributed by atoms with van der Waals surface area (Å²) in [4.78, 5) is 11.0. The summed E-state index contributed by atoms with van der Waals surface area (Å²) in [5.74, 6) is -0.360. The Morgan fingerprint density at radius 2 is 2.08 bits per heavy atom. The topological polar surface area (TPSA) is 55.4 Å². The van der Waals surface area contributed by atoms with Crippen molar-refractivity contribution in [2.24, 2.45) is 0 Å². The summed E-state index contributed by atoms with van der Waals surface area (Å²) >= 11 is 0. The summed E-state index contributed by atoms with van der Waals surface area (Å²) in [5, 5.41) is 2.68. The summed E-state index contributed by atoms with van der Waals surface area (Å²) in [6, 6.07) is -0.495. The van der Waals surface area contributed by atoms with Crippen molar-refractivity contribution >= 4 is 13.3 Å². The van der Waals surface area contributed by atoms with E-state index in [9.17, 15) is 9.36 Å². The van der Waals surface area contributed by atoms with Crippen LogP contribution >= 0.6 is 7.29 Å². The van der Waals surface area contributed by atoms with Gasteiger partial charge in [-0.3, -0.25) is 9.88 Å². The number of carbonyl (C=O) groups excluding carboxylic acids is 1. The fraction of sp³-hybridized carbons (Fsp3) is 0.857. The number of rotatable bonds is 4. The molecule has 0 heterocycles. The second-order valence-electron chi connectivity index (χ2n) is 2.95. The van der Waals surface area contributed by atoms with Gasteiger partial charge in [0.2, 0.25) is 0 Å². The van der Waals surface area contributed by atoms with Crippen LogP contribution in [0.2, 0.25) is 0 Å². The van der Waals surface area contributed by atoms with E-state index in [1.165, 1.54) is 0 Å². The molecule has 0 aromatic carbocycles. The van der Waals surface area contributed by atoms with Crippen LogP contribution in [0.3, 0.4) is 0 Å². The smallest absolute Gasteiger partial charge is 0.323 e. The molecule has 0 aliphatic rings. The molecular weight excluding hydrogens is 177 g/mol. The van der Waals surface area contributed by atoms with Crippen LogP contribution in [0.15, 0.2) is 0 Å². The van der Waals surface area contributed by atoms with E-state index in [1.54, 1.807) is 27.2 Å². The molecule has 0 amide bonds. The molecule has 1 unspecified atom stereocenters. The first-order valence-electron chi connectivity index (χ1n) is 3.86. The Morgan fingerprint density at radius 3 is 2.42 bits per heavy atom. The van der Waals surface area contributed by atoms with Gasteiger partial charge in [-0.1, -0.05) is 0 Å². The highest BCUT2D eigenvalue weighted by atomic mass is 31.2. The third kappa shape index (κ3) is 5.33. The molecule has 0 bridgehead atoms. The number of carbonyl (C=O) groups is 1. The lowest BCUT2D eigenvalue weighted by Gasteiger charge is -2.15. The predicted octanol–water partition coefficient (Wildman–Crippen LogP) is 1.07. The van der Waals surface area contributed by atoms with Gasteiger partial charge in [0.15, 0.2) is 0 Å². The Hall–Kier alpha value is -0.340. The molecule has 0 aliphatic carbocycles. The van der Waals surface area contributed by atoms with Crippen LogP contribution in [-0.4, -0.2) is 31.9 Å². The molecule has 0 spiro atoms. The molecule has 0 aromatic rings. The molecule has 0 saturated carbocycles. The van der Waals surface area contributed by atoms with Crippen molar-refractivity contribution in [2.75, 3.05) is 19.9 Å². The highest BCUT2D eigenvalue weighted by Gasteiger charge is 2.18. The maximum atomic E-state index is 11.2. The largest absolute Gasteiger partial charge is 0.465 e. The average molecular weight is 193 g/mol. The highest BCUT2D eigenvalue weighted by molar-refractivity contribution is 7.60. The Balaban J connectivity index is 3.96. The SMILES string of the molecule is CCOC(=O)C(C)NP(C)(C)=O. The maximum absolute atomic E-state index is 11.2. The number of esters is 1. The molecular formula is C7H16NO3P. The normalized spacial score (nSPS) is 14.0. The molecule has 72 valence electrons. The summed E-state index contributed by atoms with van der Waals surface area (Å²) in [6.45, 7) is 6.87. The van der Waals surface area contributed by atoms with Crippen LogP contribution in [0.25, 0.3) is 0 Å². The van der Waals surface area contributed by atoms with Crippen molar-refractivity contribution in [2.45, 2.75) is 19.9 Å². The monoisotopic (exact) mass is 193 g/mol. The molecule has 0 aliphatic heterocycles. The lowest BCUT2D eigenvalue weighted by atomic mass is 10.4. The second kappa shape index (κ2) is 4.63. The third-order valence-corrected chi connectivity index (χ3v) is 2.15. The first-order valence-corrected chi connectivity index (χ1v) is 6.46. The zero-order chi connectivity index (χ0) is 9.78. The van der Waals surface area contributed by atoms with Gasteiger partial charge in [-0.05, 0) is 13.8 Å². The van der Waals surface area contributed by atoms with E-state index in [-0.39, 0.29) is 5.97 Å². The van der Waals surface area contributed by atoms with Gasteiger partial charge < -0.3 is 9.30 Å². The van der Waals surface area contributed by atoms with E-state index in [1.807, 2.05) is 0 Å². The molecule has 5 heteroatoms. The minimum atomic E-state index is -2.35. The van der Waals surface area contributed by atoms with Crippen LogP contribution < -0.4 is 5.09 Å². The molecule has 4 nitrogen and oxygen atoms in total. The summed E-state index contributed by atoms with van der Waals surface area (Å²) in [5.41, 5.74) is 0. The number of hydrogen-bond donors (Lipinski definition) is 1. The van der Waals surface area contributed by atoms with Gasteiger partial charge in [-0.25, -0.2) is 0 Å². The van der Waals surface area contributed by atoms with E-state index in [4.69, 9.17) is 4.74 Å². The van der Waals surface area contributed by atoms with Gasteiger partial charge in [-0.2, -0.15) is 0 Å². The lowest BCUT2D eigenvalue weighted by Crippen LogP contribution is -2.32. The van der Waals surface area contributed by atoms with Gasteiger partial charge in [0.25, 0.3) is 0 Å². The predicted molar refractivity (Wildman–Crippen MR) is 48.7 cm³/mol. The number of hydrogen-bond acceptors (Lipinski definition) is 3. The molecule has 12 heavy (non-hydrogen) atoms. The van der Waals surface area contributed by atoms with Gasteiger partial charge in [0.1, 0.15) is 13.3 Å². The molecule has 0 rings (SSSR count). The molecule has 0 aromatic heterocycles. The van der Waals surface area contributed by atoms with E-state index in [2.05, 4.69) is 5.09 Å². The Kier molecular flexibility index (Phi) is 4.50. The van der Waals surface area contributed by atoms with Crippen molar-refractivity contribution in [3.63, 3.8) is 0 Å². The van der Waals surface area contributed by atoms with Gasteiger partial charge >= 0.3 is 5.97 Å². The number of nitrogens with one attached hydrogen (secondary N) is 1. The van der Waals surface area contributed by atoms with Crippen LogP contribution in [0, 0.1) is 0 Å². The van der Waals surface area contributed by atoms with Crippen LogP contribution in [0.1, 0.15) is 13.8 Å². The van der Waals surface area contributed by atoms with Crippen molar-refractivity contribution in [1.29, 1.82) is 0 Å². The highest BCUT2D eigenvalue weighted by Crippen LogP contribution is 2.30. The molecule has 0 radical (unpaired) electrons. The Labute approximate surface area is 73.1 Å².